The van der Waals surface area contributed by atoms with E-state index < -0.39 is 5.97 Å². The van der Waals surface area contributed by atoms with E-state index in [0.29, 0.717) is 5.52 Å². The highest BCUT2D eigenvalue weighted by atomic mass is 16.4. The quantitative estimate of drug-likeness (QED) is 0.762. The molecule has 0 aliphatic rings. The van der Waals surface area contributed by atoms with Gasteiger partial charge in [0.25, 0.3) is 0 Å². The van der Waals surface area contributed by atoms with Crippen LogP contribution in [0.3, 0.4) is 0 Å². The average molecular weight is 252 g/mol. The third-order valence-electron chi connectivity index (χ3n) is 3.12. The summed E-state index contributed by atoms with van der Waals surface area (Å²) in [6.07, 6.45) is 0. The molecule has 0 atom stereocenters. The number of carboxylic acid groups (broad SMARTS) is 1. The molecule has 0 amide bonds. The van der Waals surface area contributed by atoms with Crippen LogP contribution >= 0.6 is 0 Å². The summed E-state index contributed by atoms with van der Waals surface area (Å²) in [6.45, 7) is 1.88. The number of hydrogen-bond donors (Lipinski definition) is 1. The van der Waals surface area contributed by atoms with Crippen LogP contribution in [0.5, 0.6) is 0 Å². The van der Waals surface area contributed by atoms with Crippen molar-refractivity contribution in [3.8, 4) is 5.69 Å². The van der Waals surface area contributed by atoms with E-state index in [9.17, 15) is 9.90 Å². The van der Waals surface area contributed by atoms with Crippen molar-refractivity contribution in [2.24, 2.45) is 0 Å². The van der Waals surface area contributed by atoms with Crippen LogP contribution in [0.2, 0.25) is 0 Å². The molecule has 1 heterocycles. The number of para-hydroxylation sites is 2. The van der Waals surface area contributed by atoms with Gasteiger partial charge in [-0.15, -0.1) is 0 Å². The minimum Gasteiger partial charge on any atom is -0.478 e. The molecule has 3 aromatic rings. The molecule has 0 spiro atoms. The number of fused-ring (bicyclic) bond motifs is 1. The number of aromatic carboxylic acids is 1. The molecule has 0 unspecified atom stereocenters. The minimum atomic E-state index is -0.942. The molecule has 0 radical (unpaired) electrons. The maximum atomic E-state index is 11.4. The molecule has 1 N–H and O–H groups in total. The highest BCUT2D eigenvalue weighted by Gasteiger charge is 2.16. The lowest BCUT2D eigenvalue weighted by molar-refractivity contribution is 0.0698. The zero-order valence-corrected chi connectivity index (χ0v) is 10.4. The standard InChI is InChI=1S/C15H12N2O2/c1-10-12-8-5-9-13(15(18)19)14(12)17(16-10)11-6-3-2-4-7-11/h2-9H,1H3,(H,18,19). The van der Waals surface area contributed by atoms with Crippen molar-refractivity contribution >= 4 is 16.9 Å². The largest absolute Gasteiger partial charge is 0.478 e. The second-order valence-corrected chi connectivity index (χ2v) is 4.34. The van der Waals surface area contributed by atoms with Crippen LogP contribution < -0.4 is 0 Å². The molecular formula is C15H12N2O2. The maximum Gasteiger partial charge on any atom is 0.337 e. The first kappa shape index (κ1) is 11.5. The third-order valence-corrected chi connectivity index (χ3v) is 3.12. The Bertz CT molecular complexity index is 760. The molecule has 0 bridgehead atoms. The van der Waals surface area contributed by atoms with Crippen LogP contribution in [0.1, 0.15) is 16.1 Å². The van der Waals surface area contributed by atoms with E-state index >= 15 is 0 Å². The number of aryl methyl sites for hydroxylation is 1. The molecule has 4 nitrogen and oxygen atoms in total. The fraction of sp³-hybridized carbons (Fsp3) is 0.0667. The summed E-state index contributed by atoms with van der Waals surface area (Å²) in [7, 11) is 0. The van der Waals surface area contributed by atoms with Gasteiger partial charge in [0, 0.05) is 5.39 Å². The number of carboxylic acids is 1. The first-order valence-electron chi connectivity index (χ1n) is 5.95. The Morgan fingerprint density at radius 3 is 2.53 bits per heavy atom. The third kappa shape index (κ3) is 1.78. The van der Waals surface area contributed by atoms with Crippen LogP contribution in [0, 0.1) is 6.92 Å². The van der Waals surface area contributed by atoms with Crippen molar-refractivity contribution in [1.29, 1.82) is 0 Å². The Labute approximate surface area is 109 Å². The van der Waals surface area contributed by atoms with Gasteiger partial charge in [0.1, 0.15) is 0 Å². The second kappa shape index (κ2) is 4.24. The van der Waals surface area contributed by atoms with Crippen molar-refractivity contribution in [2.75, 3.05) is 0 Å². The number of rotatable bonds is 2. The zero-order chi connectivity index (χ0) is 13.4. The van der Waals surface area contributed by atoms with Crippen LogP contribution in [-0.2, 0) is 0 Å². The zero-order valence-electron chi connectivity index (χ0n) is 10.4. The molecule has 0 saturated heterocycles. The van der Waals surface area contributed by atoms with Crippen LogP contribution in [0.25, 0.3) is 16.6 Å². The summed E-state index contributed by atoms with van der Waals surface area (Å²) in [5, 5.41) is 14.6. The Morgan fingerprint density at radius 2 is 1.84 bits per heavy atom. The number of nitrogens with zero attached hydrogens (tertiary/aromatic N) is 2. The van der Waals surface area contributed by atoms with Crippen molar-refractivity contribution in [1.82, 2.24) is 9.78 Å². The fourth-order valence-electron chi connectivity index (χ4n) is 2.25. The highest BCUT2D eigenvalue weighted by Crippen LogP contribution is 2.25. The highest BCUT2D eigenvalue weighted by molar-refractivity contribution is 6.03. The predicted octanol–water partition coefficient (Wildman–Crippen LogP) is 3.03. The molecule has 2 aromatic carbocycles. The van der Waals surface area contributed by atoms with Crippen LogP contribution in [0.4, 0.5) is 0 Å². The van der Waals surface area contributed by atoms with Gasteiger partial charge in [0.15, 0.2) is 0 Å². The minimum absolute atomic E-state index is 0.266. The monoisotopic (exact) mass is 252 g/mol. The van der Waals surface area contributed by atoms with E-state index in [1.807, 2.05) is 43.3 Å². The average Bonchev–Trinajstić information content (AvgIpc) is 2.77. The Kier molecular flexibility index (Phi) is 2.56. The summed E-state index contributed by atoms with van der Waals surface area (Å²) in [4.78, 5) is 11.4. The Morgan fingerprint density at radius 1 is 1.11 bits per heavy atom. The van der Waals surface area contributed by atoms with E-state index in [1.165, 1.54) is 0 Å². The van der Waals surface area contributed by atoms with Crippen LogP contribution in [0.15, 0.2) is 48.5 Å². The molecule has 0 aliphatic carbocycles. The van der Waals surface area contributed by atoms with Crippen molar-refractivity contribution in [3.63, 3.8) is 0 Å². The van der Waals surface area contributed by atoms with Gasteiger partial charge in [0.05, 0.1) is 22.5 Å². The van der Waals surface area contributed by atoms with Gasteiger partial charge < -0.3 is 5.11 Å². The molecule has 19 heavy (non-hydrogen) atoms. The van der Waals surface area contributed by atoms with Gasteiger partial charge in [0.2, 0.25) is 0 Å². The van der Waals surface area contributed by atoms with Gasteiger partial charge >= 0.3 is 5.97 Å². The summed E-state index contributed by atoms with van der Waals surface area (Å²) >= 11 is 0. The second-order valence-electron chi connectivity index (χ2n) is 4.34. The molecule has 94 valence electrons. The van der Waals surface area contributed by atoms with Gasteiger partial charge in [-0.2, -0.15) is 5.10 Å². The van der Waals surface area contributed by atoms with E-state index in [-0.39, 0.29) is 5.56 Å². The molecule has 0 aliphatic heterocycles. The molecule has 0 saturated carbocycles. The predicted molar refractivity (Wildman–Crippen MR) is 72.8 cm³/mol. The first-order valence-corrected chi connectivity index (χ1v) is 5.95. The summed E-state index contributed by atoms with van der Waals surface area (Å²) in [6, 6.07) is 14.8. The van der Waals surface area contributed by atoms with Gasteiger partial charge in [-0.25, -0.2) is 9.48 Å². The SMILES string of the molecule is Cc1nn(-c2ccccc2)c2c(C(=O)O)cccc12. The van der Waals surface area contributed by atoms with E-state index in [2.05, 4.69) is 5.10 Å². The lowest BCUT2D eigenvalue weighted by Crippen LogP contribution is -2.03. The smallest absolute Gasteiger partial charge is 0.337 e. The molecular weight excluding hydrogens is 240 g/mol. The van der Waals surface area contributed by atoms with Crippen LogP contribution in [-0.4, -0.2) is 20.9 Å². The Balaban J connectivity index is 2.40. The van der Waals surface area contributed by atoms with E-state index in [4.69, 9.17) is 0 Å². The van der Waals surface area contributed by atoms with Gasteiger partial charge in [-0.05, 0) is 25.1 Å². The number of benzene rings is 2. The normalized spacial score (nSPS) is 10.8. The first-order chi connectivity index (χ1) is 9.18. The molecule has 0 fully saturated rings. The summed E-state index contributed by atoms with van der Waals surface area (Å²) < 4.78 is 1.69. The summed E-state index contributed by atoms with van der Waals surface area (Å²) in [5.41, 5.74) is 2.58. The Hall–Kier alpha value is -2.62. The van der Waals surface area contributed by atoms with Crippen molar-refractivity contribution < 1.29 is 9.90 Å². The number of hydrogen-bond acceptors (Lipinski definition) is 2. The van der Waals surface area contributed by atoms with Crippen molar-refractivity contribution in [3.05, 3.63) is 59.8 Å². The van der Waals surface area contributed by atoms with E-state index in [0.717, 1.165) is 16.8 Å². The summed E-state index contributed by atoms with van der Waals surface area (Å²) in [5.74, 6) is -0.942. The van der Waals surface area contributed by atoms with Gasteiger partial charge in [-0.3, -0.25) is 0 Å². The van der Waals surface area contributed by atoms with Crippen molar-refractivity contribution in [2.45, 2.75) is 6.92 Å². The van der Waals surface area contributed by atoms with E-state index in [1.54, 1.807) is 16.8 Å². The lowest BCUT2D eigenvalue weighted by atomic mass is 10.1. The fourth-order valence-corrected chi connectivity index (χ4v) is 2.25. The lowest BCUT2D eigenvalue weighted by Gasteiger charge is -2.05. The van der Waals surface area contributed by atoms with Gasteiger partial charge in [-0.1, -0.05) is 30.3 Å². The topological polar surface area (TPSA) is 55.1 Å². The maximum absolute atomic E-state index is 11.4. The number of carbonyl (C=O) groups is 1. The molecule has 4 heteroatoms. The number of aromatic nitrogens is 2. The molecule has 3 rings (SSSR count). The molecule has 1 aromatic heterocycles.